The molecule has 6 rings (SSSR count). The molecule has 6 nitrogen and oxygen atoms in total. The fourth-order valence-corrected chi connectivity index (χ4v) is 5.46. The molecule has 36 heavy (non-hydrogen) atoms. The van der Waals surface area contributed by atoms with Crippen molar-refractivity contribution in [1.29, 1.82) is 0 Å². The number of hydrogen-bond donors (Lipinski definition) is 2. The number of carbonyl (C=O) groups excluding carboxylic acids is 1. The Morgan fingerprint density at radius 2 is 1.61 bits per heavy atom. The number of carbonyl (C=O) groups is 1. The number of hydrogen-bond acceptors (Lipinski definition) is 4. The van der Waals surface area contributed by atoms with E-state index in [9.17, 15) is 9.59 Å². The molecule has 0 aliphatic carbocycles. The van der Waals surface area contributed by atoms with Crippen LogP contribution in [0.25, 0.3) is 27.4 Å². The Morgan fingerprint density at radius 3 is 2.39 bits per heavy atom. The zero-order valence-corrected chi connectivity index (χ0v) is 20.0. The lowest BCUT2D eigenvalue weighted by Gasteiger charge is -2.17. The largest absolute Gasteiger partial charge is 0.361 e. The van der Waals surface area contributed by atoms with Gasteiger partial charge in [-0.3, -0.25) is 9.59 Å². The molecule has 1 unspecified atom stereocenters. The first-order chi connectivity index (χ1) is 17.7. The highest BCUT2D eigenvalue weighted by atomic mass is 32.1. The first kappa shape index (κ1) is 22.0. The molecule has 176 valence electrons. The molecule has 1 atom stereocenters. The molecule has 3 aromatic carbocycles. The molecule has 2 N–H and O–H groups in total. The van der Waals surface area contributed by atoms with Gasteiger partial charge in [0.1, 0.15) is 0 Å². The number of fused-ring (bicyclic) bond motifs is 2. The summed E-state index contributed by atoms with van der Waals surface area (Å²) in [6, 6.07) is 28.5. The number of nitrogens with one attached hydrogen (secondary N) is 2. The van der Waals surface area contributed by atoms with E-state index in [2.05, 4.69) is 27.5 Å². The van der Waals surface area contributed by atoms with Crippen molar-refractivity contribution in [2.45, 2.75) is 5.92 Å². The Kier molecular flexibility index (Phi) is 5.67. The predicted octanol–water partition coefficient (Wildman–Crippen LogP) is 5.49. The van der Waals surface area contributed by atoms with Crippen molar-refractivity contribution in [3.8, 4) is 5.69 Å². The average Bonchev–Trinajstić information content (AvgIpc) is 3.61. The van der Waals surface area contributed by atoms with Gasteiger partial charge >= 0.3 is 0 Å². The van der Waals surface area contributed by atoms with E-state index in [1.165, 1.54) is 4.68 Å². The molecule has 7 heteroatoms. The van der Waals surface area contributed by atoms with Gasteiger partial charge in [-0.05, 0) is 41.3 Å². The lowest BCUT2D eigenvalue weighted by atomic mass is 9.96. The maximum Gasteiger partial charge on any atom is 0.279 e. The summed E-state index contributed by atoms with van der Waals surface area (Å²) >= 11 is 1.66. The van der Waals surface area contributed by atoms with E-state index in [1.807, 2.05) is 60.1 Å². The quantitative estimate of drug-likeness (QED) is 0.324. The van der Waals surface area contributed by atoms with Crippen LogP contribution in [-0.4, -0.2) is 27.2 Å². The molecule has 3 aromatic heterocycles. The molecule has 6 aromatic rings. The third-order valence-electron chi connectivity index (χ3n) is 6.37. The highest BCUT2D eigenvalue weighted by Crippen LogP contribution is 2.33. The Bertz CT molecular complexity index is 1740. The van der Waals surface area contributed by atoms with Gasteiger partial charge in [0.15, 0.2) is 5.69 Å². The molecular weight excluding hydrogens is 468 g/mol. The minimum absolute atomic E-state index is 0.0311. The molecule has 0 spiro atoms. The number of para-hydroxylation sites is 2. The van der Waals surface area contributed by atoms with Gasteiger partial charge in [0, 0.05) is 39.8 Å². The Labute approximate surface area is 210 Å². The van der Waals surface area contributed by atoms with Crippen LogP contribution < -0.4 is 10.9 Å². The first-order valence-electron chi connectivity index (χ1n) is 11.7. The molecular formula is C29H22N4O2S. The Balaban J connectivity index is 1.39. The van der Waals surface area contributed by atoms with Crippen LogP contribution in [0.3, 0.4) is 0 Å². The van der Waals surface area contributed by atoms with E-state index in [4.69, 9.17) is 0 Å². The maximum atomic E-state index is 13.6. The minimum Gasteiger partial charge on any atom is -0.361 e. The number of aromatic nitrogens is 3. The third kappa shape index (κ3) is 3.89. The fourth-order valence-electron chi connectivity index (χ4n) is 4.62. The molecule has 0 bridgehead atoms. The van der Waals surface area contributed by atoms with Crippen molar-refractivity contribution in [2.75, 3.05) is 6.54 Å². The molecule has 0 fully saturated rings. The SMILES string of the molecule is O=C(NCC(c1cccs1)c1c[nH]c2ccccc12)c1nn(-c2ccccc2)c(=O)c2ccccc12. The summed E-state index contributed by atoms with van der Waals surface area (Å²) in [5.41, 5.74) is 2.75. The molecule has 0 saturated carbocycles. The smallest absolute Gasteiger partial charge is 0.279 e. The monoisotopic (exact) mass is 490 g/mol. The Hall–Kier alpha value is -4.49. The van der Waals surface area contributed by atoms with Crippen LogP contribution in [0.2, 0.25) is 0 Å². The Morgan fingerprint density at radius 1 is 0.889 bits per heavy atom. The highest BCUT2D eigenvalue weighted by molar-refractivity contribution is 7.10. The molecule has 3 heterocycles. The van der Waals surface area contributed by atoms with Crippen LogP contribution >= 0.6 is 11.3 Å². The summed E-state index contributed by atoms with van der Waals surface area (Å²) < 4.78 is 1.30. The second kappa shape index (κ2) is 9.28. The van der Waals surface area contributed by atoms with Gasteiger partial charge in [-0.25, -0.2) is 0 Å². The van der Waals surface area contributed by atoms with Crippen LogP contribution in [0.15, 0.2) is 107 Å². The number of nitrogens with zero attached hydrogens (tertiary/aromatic N) is 2. The lowest BCUT2D eigenvalue weighted by Crippen LogP contribution is -2.32. The summed E-state index contributed by atoms with van der Waals surface area (Å²) in [5, 5.41) is 11.8. The predicted molar refractivity (Wildman–Crippen MR) is 144 cm³/mol. The summed E-state index contributed by atoms with van der Waals surface area (Å²) in [5.74, 6) is -0.353. The normalized spacial score (nSPS) is 12.1. The number of amides is 1. The zero-order valence-electron chi connectivity index (χ0n) is 19.2. The van der Waals surface area contributed by atoms with Crippen molar-refractivity contribution >= 4 is 38.9 Å². The second-order valence-corrected chi connectivity index (χ2v) is 9.49. The van der Waals surface area contributed by atoms with Crippen molar-refractivity contribution in [3.63, 3.8) is 0 Å². The third-order valence-corrected chi connectivity index (χ3v) is 7.36. The van der Waals surface area contributed by atoms with Crippen molar-refractivity contribution in [2.24, 2.45) is 0 Å². The van der Waals surface area contributed by atoms with Crippen molar-refractivity contribution in [1.82, 2.24) is 20.1 Å². The van der Waals surface area contributed by atoms with Gasteiger partial charge in [-0.15, -0.1) is 11.3 Å². The van der Waals surface area contributed by atoms with E-state index in [1.54, 1.807) is 41.7 Å². The van der Waals surface area contributed by atoms with Crippen LogP contribution in [0.4, 0.5) is 0 Å². The highest BCUT2D eigenvalue weighted by Gasteiger charge is 2.22. The summed E-state index contributed by atoms with van der Waals surface area (Å²) in [6.07, 6.45) is 2.02. The minimum atomic E-state index is -0.322. The number of aromatic amines is 1. The van der Waals surface area contributed by atoms with Gasteiger partial charge in [-0.2, -0.15) is 9.78 Å². The number of H-pyrrole nitrogens is 1. The van der Waals surface area contributed by atoms with Crippen LogP contribution in [-0.2, 0) is 0 Å². The number of thiophene rings is 1. The number of benzene rings is 3. The van der Waals surface area contributed by atoms with Gasteiger partial charge in [-0.1, -0.05) is 60.7 Å². The molecule has 0 aliphatic heterocycles. The number of rotatable bonds is 6. The summed E-state index contributed by atoms with van der Waals surface area (Å²) in [6.45, 7) is 0.391. The fraction of sp³-hybridized carbons (Fsp3) is 0.0690. The second-order valence-electron chi connectivity index (χ2n) is 8.51. The van der Waals surface area contributed by atoms with Crippen molar-refractivity contribution in [3.05, 3.63) is 129 Å². The average molecular weight is 491 g/mol. The molecule has 0 saturated heterocycles. The van der Waals surface area contributed by atoms with Crippen LogP contribution in [0, 0.1) is 0 Å². The van der Waals surface area contributed by atoms with Crippen molar-refractivity contribution < 1.29 is 4.79 Å². The standard InChI is InChI=1S/C29H22N4O2S/c34-28(27-21-12-4-5-13-22(21)29(35)33(32-27)19-9-2-1-3-10-19)31-18-24(26-15-8-16-36-26)23-17-30-25-14-7-6-11-20(23)25/h1-17,24,30H,18H2,(H,31,34). The van der Waals surface area contributed by atoms with Crippen LogP contribution in [0.5, 0.6) is 0 Å². The van der Waals surface area contributed by atoms with Gasteiger partial charge in [0.05, 0.1) is 11.1 Å². The summed E-state index contributed by atoms with van der Waals surface area (Å²) in [4.78, 5) is 31.2. The zero-order chi connectivity index (χ0) is 24.5. The van der Waals surface area contributed by atoms with Gasteiger partial charge in [0.2, 0.25) is 0 Å². The van der Waals surface area contributed by atoms with E-state index in [0.717, 1.165) is 21.3 Å². The van der Waals surface area contributed by atoms with E-state index in [0.29, 0.717) is 23.0 Å². The maximum absolute atomic E-state index is 13.6. The topological polar surface area (TPSA) is 79.8 Å². The van der Waals surface area contributed by atoms with E-state index in [-0.39, 0.29) is 23.1 Å². The molecule has 0 radical (unpaired) electrons. The van der Waals surface area contributed by atoms with E-state index < -0.39 is 0 Å². The molecule has 0 aliphatic rings. The van der Waals surface area contributed by atoms with Crippen LogP contribution in [0.1, 0.15) is 26.8 Å². The van der Waals surface area contributed by atoms with Gasteiger partial charge < -0.3 is 10.3 Å². The van der Waals surface area contributed by atoms with Gasteiger partial charge in [0.25, 0.3) is 11.5 Å². The molecule has 1 amide bonds. The first-order valence-corrected chi connectivity index (χ1v) is 12.5. The van der Waals surface area contributed by atoms with E-state index >= 15 is 0 Å². The lowest BCUT2D eigenvalue weighted by molar-refractivity contribution is 0.0947. The summed E-state index contributed by atoms with van der Waals surface area (Å²) in [7, 11) is 0.